The molecule has 88 valence electrons. The first-order chi connectivity index (χ1) is 8.26. The van der Waals surface area contributed by atoms with Gasteiger partial charge in [0, 0.05) is 5.38 Å². The highest BCUT2D eigenvalue weighted by Gasteiger charge is 2.19. The summed E-state index contributed by atoms with van der Waals surface area (Å²) < 4.78 is 9.91. The van der Waals surface area contributed by atoms with Gasteiger partial charge in [-0.15, -0.1) is 11.3 Å². The smallest absolute Gasteiger partial charge is 0.247 e. The van der Waals surface area contributed by atoms with Crippen LogP contribution in [-0.4, -0.2) is 35.0 Å². The van der Waals surface area contributed by atoms with Crippen molar-refractivity contribution in [2.75, 3.05) is 14.2 Å². The van der Waals surface area contributed by atoms with E-state index in [4.69, 9.17) is 9.47 Å². The van der Waals surface area contributed by atoms with Gasteiger partial charge < -0.3 is 9.47 Å². The van der Waals surface area contributed by atoms with Crippen molar-refractivity contribution in [1.82, 2.24) is 15.0 Å². The molecule has 0 saturated carbocycles. The molecule has 7 heteroatoms. The molecule has 0 saturated heterocycles. The lowest BCUT2D eigenvalue weighted by atomic mass is 10.2. The van der Waals surface area contributed by atoms with Crippen LogP contribution < -0.4 is 9.47 Å². The average molecular weight is 251 g/mol. The topological polar surface area (TPSA) is 74.2 Å². The molecule has 0 bridgehead atoms. The Balaban J connectivity index is 2.41. The standard InChI is InChI=1S/C10H9N3O3S/c1-15-7-3-11-8(10(13-7)16-2)9(14)6-4-17-5-12-6/h3-5H,1-2H3. The number of rotatable bonds is 4. The first-order valence-electron chi connectivity index (χ1n) is 4.64. The van der Waals surface area contributed by atoms with Gasteiger partial charge in [0.2, 0.25) is 17.5 Å². The van der Waals surface area contributed by atoms with Gasteiger partial charge in [0.15, 0.2) is 5.69 Å². The number of methoxy groups -OCH3 is 2. The normalized spacial score (nSPS) is 10.0. The quantitative estimate of drug-likeness (QED) is 0.760. The minimum absolute atomic E-state index is 0.124. The molecule has 6 nitrogen and oxygen atoms in total. The van der Waals surface area contributed by atoms with Crippen LogP contribution in [0.25, 0.3) is 0 Å². The minimum atomic E-state index is -0.321. The maximum atomic E-state index is 12.0. The number of carbonyl (C=O) groups is 1. The van der Waals surface area contributed by atoms with Gasteiger partial charge in [0.1, 0.15) is 5.69 Å². The van der Waals surface area contributed by atoms with Crippen LogP contribution in [0.1, 0.15) is 16.2 Å². The number of carbonyl (C=O) groups excluding carboxylic acids is 1. The van der Waals surface area contributed by atoms with Crippen LogP contribution in [0.5, 0.6) is 11.8 Å². The van der Waals surface area contributed by atoms with Gasteiger partial charge in [-0.2, -0.15) is 4.98 Å². The summed E-state index contributed by atoms with van der Waals surface area (Å²) in [7, 11) is 2.88. The molecular formula is C10H9N3O3S. The van der Waals surface area contributed by atoms with Crippen LogP contribution in [-0.2, 0) is 0 Å². The molecule has 0 atom stereocenters. The van der Waals surface area contributed by atoms with E-state index in [1.54, 1.807) is 10.9 Å². The third kappa shape index (κ3) is 2.23. The molecule has 2 aromatic heterocycles. The van der Waals surface area contributed by atoms with Crippen molar-refractivity contribution >= 4 is 17.1 Å². The SMILES string of the molecule is COc1cnc(C(=O)c2cscn2)c(OC)n1. The van der Waals surface area contributed by atoms with E-state index in [9.17, 15) is 4.79 Å². The van der Waals surface area contributed by atoms with E-state index in [0.717, 1.165) is 0 Å². The molecule has 0 radical (unpaired) electrons. The van der Waals surface area contributed by atoms with Crippen molar-refractivity contribution in [3.63, 3.8) is 0 Å². The Labute approximate surface area is 101 Å². The number of nitrogens with zero attached hydrogens (tertiary/aromatic N) is 3. The number of hydrogen-bond acceptors (Lipinski definition) is 7. The molecule has 0 unspecified atom stereocenters. The van der Waals surface area contributed by atoms with Crippen molar-refractivity contribution < 1.29 is 14.3 Å². The third-order valence-electron chi connectivity index (χ3n) is 2.00. The highest BCUT2D eigenvalue weighted by atomic mass is 32.1. The Kier molecular flexibility index (Phi) is 3.29. The summed E-state index contributed by atoms with van der Waals surface area (Å²) in [5.74, 6) is 0.0947. The summed E-state index contributed by atoms with van der Waals surface area (Å²) in [6, 6.07) is 0. The molecule has 0 aliphatic rings. The number of ether oxygens (including phenoxy) is 2. The van der Waals surface area contributed by atoms with E-state index >= 15 is 0 Å². The summed E-state index contributed by atoms with van der Waals surface area (Å²) in [5, 5.41) is 1.65. The second kappa shape index (κ2) is 4.88. The lowest BCUT2D eigenvalue weighted by molar-refractivity contribution is 0.102. The molecule has 0 spiro atoms. The molecule has 0 aliphatic carbocycles. The van der Waals surface area contributed by atoms with Gasteiger partial charge in [-0.3, -0.25) is 4.79 Å². The van der Waals surface area contributed by atoms with Crippen LogP contribution in [0.4, 0.5) is 0 Å². The molecule has 0 aromatic carbocycles. The van der Waals surface area contributed by atoms with Crippen LogP contribution in [0.2, 0.25) is 0 Å². The Morgan fingerprint density at radius 1 is 1.29 bits per heavy atom. The van der Waals surface area contributed by atoms with Crippen LogP contribution >= 0.6 is 11.3 Å². The monoisotopic (exact) mass is 251 g/mol. The molecule has 0 N–H and O–H groups in total. The lowest BCUT2D eigenvalue weighted by Crippen LogP contribution is -2.09. The second-order valence-corrected chi connectivity index (χ2v) is 3.69. The molecule has 17 heavy (non-hydrogen) atoms. The van der Waals surface area contributed by atoms with Gasteiger partial charge in [-0.25, -0.2) is 9.97 Å². The Bertz CT molecular complexity index is 528. The van der Waals surface area contributed by atoms with E-state index in [1.165, 1.54) is 31.8 Å². The second-order valence-electron chi connectivity index (χ2n) is 2.97. The molecular weight excluding hydrogens is 242 g/mol. The highest BCUT2D eigenvalue weighted by Crippen LogP contribution is 2.19. The molecule has 2 rings (SSSR count). The predicted octanol–water partition coefficient (Wildman–Crippen LogP) is 1.18. The van der Waals surface area contributed by atoms with Gasteiger partial charge in [-0.05, 0) is 0 Å². The Hall–Kier alpha value is -2.02. The average Bonchev–Trinajstić information content (AvgIpc) is 2.91. The zero-order valence-electron chi connectivity index (χ0n) is 9.21. The fourth-order valence-electron chi connectivity index (χ4n) is 1.20. The van der Waals surface area contributed by atoms with Gasteiger partial charge in [0.05, 0.1) is 25.9 Å². The van der Waals surface area contributed by atoms with Crippen LogP contribution in [0, 0.1) is 0 Å². The van der Waals surface area contributed by atoms with Gasteiger partial charge in [0.25, 0.3) is 0 Å². The minimum Gasteiger partial charge on any atom is -0.480 e. The molecule has 0 aliphatic heterocycles. The number of thiazole rings is 1. The van der Waals surface area contributed by atoms with Crippen molar-refractivity contribution in [3.8, 4) is 11.8 Å². The van der Waals surface area contributed by atoms with Crippen molar-refractivity contribution in [3.05, 3.63) is 28.5 Å². The van der Waals surface area contributed by atoms with Crippen molar-refractivity contribution in [2.45, 2.75) is 0 Å². The number of hydrogen-bond donors (Lipinski definition) is 0. The summed E-state index contributed by atoms with van der Waals surface area (Å²) in [5.41, 5.74) is 2.03. The molecule has 0 fully saturated rings. The molecule has 2 aromatic rings. The largest absolute Gasteiger partial charge is 0.480 e. The maximum absolute atomic E-state index is 12.0. The first kappa shape index (κ1) is 11.5. The van der Waals surface area contributed by atoms with Gasteiger partial charge >= 0.3 is 0 Å². The van der Waals surface area contributed by atoms with Crippen molar-refractivity contribution in [1.29, 1.82) is 0 Å². The third-order valence-corrected chi connectivity index (χ3v) is 2.59. The summed E-state index contributed by atoms with van der Waals surface area (Å²) in [6.07, 6.45) is 1.36. The number of ketones is 1. The summed E-state index contributed by atoms with van der Waals surface area (Å²) >= 11 is 1.34. The summed E-state index contributed by atoms with van der Waals surface area (Å²) in [4.78, 5) is 23.9. The van der Waals surface area contributed by atoms with E-state index in [0.29, 0.717) is 5.69 Å². The maximum Gasteiger partial charge on any atom is 0.247 e. The number of aromatic nitrogens is 3. The predicted molar refractivity (Wildman–Crippen MR) is 60.7 cm³/mol. The zero-order valence-corrected chi connectivity index (χ0v) is 10.0. The molecule has 0 amide bonds. The summed E-state index contributed by atoms with van der Waals surface area (Å²) in [6.45, 7) is 0. The zero-order chi connectivity index (χ0) is 12.3. The Morgan fingerprint density at radius 2 is 2.12 bits per heavy atom. The first-order valence-corrected chi connectivity index (χ1v) is 5.58. The highest BCUT2D eigenvalue weighted by molar-refractivity contribution is 7.07. The van der Waals surface area contributed by atoms with E-state index in [1.807, 2.05) is 0 Å². The van der Waals surface area contributed by atoms with E-state index in [2.05, 4.69) is 15.0 Å². The van der Waals surface area contributed by atoms with E-state index in [-0.39, 0.29) is 23.2 Å². The fraction of sp³-hybridized carbons (Fsp3) is 0.200. The lowest BCUT2D eigenvalue weighted by Gasteiger charge is -2.05. The fourth-order valence-corrected chi connectivity index (χ4v) is 1.73. The van der Waals surface area contributed by atoms with Crippen LogP contribution in [0.15, 0.2) is 17.1 Å². The van der Waals surface area contributed by atoms with Crippen molar-refractivity contribution in [2.24, 2.45) is 0 Å². The van der Waals surface area contributed by atoms with E-state index < -0.39 is 0 Å². The van der Waals surface area contributed by atoms with Gasteiger partial charge in [-0.1, -0.05) is 0 Å². The van der Waals surface area contributed by atoms with Crippen LogP contribution in [0.3, 0.4) is 0 Å². The molecule has 2 heterocycles. The Morgan fingerprint density at radius 3 is 2.71 bits per heavy atom.